The molecule has 0 aliphatic carbocycles. The van der Waals surface area contributed by atoms with E-state index in [1.165, 1.54) is 6.07 Å². The predicted octanol–water partition coefficient (Wildman–Crippen LogP) is 2.73. The summed E-state index contributed by atoms with van der Waals surface area (Å²) in [5.41, 5.74) is 8.71. The normalized spacial score (nSPS) is 16.1. The minimum Gasteiger partial charge on any atom is -0.397 e. The summed E-state index contributed by atoms with van der Waals surface area (Å²) in [6, 6.07) is 15.0. The van der Waals surface area contributed by atoms with Gasteiger partial charge in [0.25, 0.3) is 0 Å². The van der Waals surface area contributed by atoms with Gasteiger partial charge in [-0.1, -0.05) is 30.3 Å². The summed E-state index contributed by atoms with van der Waals surface area (Å²) < 4.78 is 13.7. The molecule has 2 aromatic carbocycles. The summed E-state index contributed by atoms with van der Waals surface area (Å²) in [4.78, 5) is 4.58. The second-order valence-corrected chi connectivity index (χ2v) is 5.41. The molecule has 2 N–H and O–H groups in total. The van der Waals surface area contributed by atoms with Crippen LogP contribution in [-0.2, 0) is 6.54 Å². The Kier molecular flexibility index (Phi) is 4.06. The van der Waals surface area contributed by atoms with Gasteiger partial charge in [-0.25, -0.2) is 4.39 Å². The number of hydrogen-bond donors (Lipinski definition) is 1. The molecule has 0 saturated carbocycles. The fourth-order valence-corrected chi connectivity index (χ4v) is 2.79. The van der Waals surface area contributed by atoms with E-state index < -0.39 is 0 Å². The van der Waals surface area contributed by atoms with E-state index in [1.807, 2.05) is 30.3 Å². The van der Waals surface area contributed by atoms with Gasteiger partial charge in [-0.3, -0.25) is 4.90 Å². The molecule has 0 atom stereocenters. The number of anilines is 2. The molecule has 3 rings (SSSR count). The summed E-state index contributed by atoms with van der Waals surface area (Å²) in [6.07, 6.45) is 0. The molecule has 3 nitrogen and oxygen atoms in total. The lowest BCUT2D eigenvalue weighted by Gasteiger charge is -2.36. The van der Waals surface area contributed by atoms with Crippen molar-refractivity contribution < 1.29 is 4.39 Å². The number of halogens is 1. The lowest BCUT2D eigenvalue weighted by Crippen LogP contribution is -2.46. The van der Waals surface area contributed by atoms with Crippen LogP contribution in [0.3, 0.4) is 0 Å². The van der Waals surface area contributed by atoms with E-state index in [-0.39, 0.29) is 5.82 Å². The topological polar surface area (TPSA) is 32.5 Å². The summed E-state index contributed by atoms with van der Waals surface area (Å²) in [7, 11) is 0. The maximum Gasteiger partial charge on any atom is 0.127 e. The zero-order chi connectivity index (χ0) is 14.7. The molecule has 0 unspecified atom stereocenters. The van der Waals surface area contributed by atoms with Crippen LogP contribution in [-0.4, -0.2) is 31.1 Å². The number of nitrogens with zero attached hydrogens (tertiary/aromatic N) is 2. The molecule has 1 aliphatic rings. The second kappa shape index (κ2) is 6.14. The second-order valence-electron chi connectivity index (χ2n) is 5.41. The van der Waals surface area contributed by atoms with Crippen molar-refractivity contribution in [3.63, 3.8) is 0 Å². The van der Waals surface area contributed by atoms with Gasteiger partial charge in [-0.2, -0.15) is 0 Å². The van der Waals surface area contributed by atoms with Gasteiger partial charge >= 0.3 is 0 Å². The molecular weight excluding hydrogens is 265 g/mol. The molecule has 4 heteroatoms. The van der Waals surface area contributed by atoms with Crippen LogP contribution < -0.4 is 10.6 Å². The summed E-state index contributed by atoms with van der Waals surface area (Å²) >= 11 is 0. The third-order valence-electron chi connectivity index (χ3n) is 4.00. The van der Waals surface area contributed by atoms with Gasteiger partial charge in [0.1, 0.15) is 5.82 Å². The third-order valence-corrected chi connectivity index (χ3v) is 4.00. The average molecular weight is 285 g/mol. The van der Waals surface area contributed by atoms with Crippen LogP contribution >= 0.6 is 0 Å². The number of piperazine rings is 1. The fraction of sp³-hybridized carbons (Fsp3) is 0.294. The van der Waals surface area contributed by atoms with Crippen LogP contribution in [0.4, 0.5) is 15.8 Å². The van der Waals surface area contributed by atoms with Gasteiger partial charge in [0.05, 0.1) is 11.4 Å². The van der Waals surface area contributed by atoms with Gasteiger partial charge in [-0.15, -0.1) is 0 Å². The molecule has 2 aromatic rings. The number of benzene rings is 2. The van der Waals surface area contributed by atoms with Crippen molar-refractivity contribution in [1.82, 2.24) is 4.90 Å². The molecule has 1 aliphatic heterocycles. The molecule has 0 radical (unpaired) electrons. The summed E-state index contributed by atoms with van der Waals surface area (Å²) in [5, 5.41) is 0. The van der Waals surface area contributed by atoms with Crippen molar-refractivity contribution in [3.8, 4) is 0 Å². The number of rotatable bonds is 3. The molecule has 0 aromatic heterocycles. The van der Waals surface area contributed by atoms with Gasteiger partial charge in [0, 0.05) is 38.3 Å². The van der Waals surface area contributed by atoms with Gasteiger partial charge < -0.3 is 10.6 Å². The van der Waals surface area contributed by atoms with E-state index >= 15 is 0 Å². The largest absolute Gasteiger partial charge is 0.397 e. The first-order valence-electron chi connectivity index (χ1n) is 7.29. The fourth-order valence-electron chi connectivity index (χ4n) is 2.79. The SMILES string of the molecule is Nc1ccccc1N1CCN(Cc2ccccc2F)CC1. The highest BCUT2D eigenvalue weighted by Crippen LogP contribution is 2.24. The quantitative estimate of drug-likeness (QED) is 0.880. The Morgan fingerprint density at radius 3 is 2.29 bits per heavy atom. The first-order chi connectivity index (χ1) is 10.2. The predicted molar refractivity (Wildman–Crippen MR) is 84.7 cm³/mol. The molecular formula is C17H20FN3. The zero-order valence-electron chi connectivity index (χ0n) is 12.0. The Bertz CT molecular complexity index is 606. The molecule has 0 bridgehead atoms. The van der Waals surface area contributed by atoms with Crippen molar-refractivity contribution in [2.45, 2.75) is 6.54 Å². The number of nitrogens with two attached hydrogens (primary N) is 1. The summed E-state index contributed by atoms with van der Waals surface area (Å²) in [5.74, 6) is -0.118. The zero-order valence-corrected chi connectivity index (χ0v) is 12.0. The molecule has 0 amide bonds. The van der Waals surface area contributed by atoms with Crippen LogP contribution in [0.15, 0.2) is 48.5 Å². The molecule has 0 spiro atoms. The standard InChI is InChI=1S/C17H20FN3/c18-15-6-2-1-5-14(15)13-20-9-11-21(12-10-20)17-8-4-3-7-16(17)19/h1-8H,9-13,19H2. The Hall–Kier alpha value is -2.07. The lowest BCUT2D eigenvalue weighted by atomic mass is 10.1. The highest BCUT2D eigenvalue weighted by Gasteiger charge is 2.19. The Morgan fingerprint density at radius 2 is 1.57 bits per heavy atom. The maximum atomic E-state index is 13.7. The van der Waals surface area contributed by atoms with Crippen LogP contribution in [0.25, 0.3) is 0 Å². The molecule has 110 valence electrons. The number of para-hydroxylation sites is 2. The van der Waals surface area contributed by atoms with Gasteiger partial charge in [-0.05, 0) is 18.2 Å². The van der Waals surface area contributed by atoms with E-state index in [0.717, 1.165) is 43.1 Å². The van der Waals surface area contributed by atoms with Crippen molar-refractivity contribution in [2.24, 2.45) is 0 Å². The Morgan fingerprint density at radius 1 is 0.905 bits per heavy atom. The summed E-state index contributed by atoms with van der Waals surface area (Å²) in [6.45, 7) is 4.35. The molecule has 21 heavy (non-hydrogen) atoms. The third kappa shape index (κ3) is 3.16. The van der Waals surface area contributed by atoms with Gasteiger partial charge in [0.15, 0.2) is 0 Å². The number of hydrogen-bond acceptors (Lipinski definition) is 3. The van der Waals surface area contributed by atoms with Crippen LogP contribution in [0.1, 0.15) is 5.56 Å². The Labute approximate surface area is 124 Å². The first kappa shape index (κ1) is 13.9. The lowest BCUT2D eigenvalue weighted by molar-refractivity contribution is 0.246. The highest BCUT2D eigenvalue weighted by atomic mass is 19.1. The molecule has 1 saturated heterocycles. The first-order valence-corrected chi connectivity index (χ1v) is 7.29. The van der Waals surface area contributed by atoms with E-state index in [1.54, 1.807) is 6.07 Å². The average Bonchev–Trinajstić information content (AvgIpc) is 2.51. The van der Waals surface area contributed by atoms with E-state index in [0.29, 0.717) is 6.54 Å². The smallest absolute Gasteiger partial charge is 0.127 e. The van der Waals surface area contributed by atoms with Crippen LogP contribution in [0.5, 0.6) is 0 Å². The van der Waals surface area contributed by atoms with E-state index in [2.05, 4.69) is 15.9 Å². The van der Waals surface area contributed by atoms with Crippen molar-refractivity contribution in [2.75, 3.05) is 36.8 Å². The van der Waals surface area contributed by atoms with E-state index in [9.17, 15) is 4.39 Å². The Balaban J connectivity index is 1.61. The van der Waals surface area contributed by atoms with Crippen LogP contribution in [0, 0.1) is 5.82 Å². The minimum absolute atomic E-state index is 0.118. The van der Waals surface area contributed by atoms with E-state index in [4.69, 9.17) is 5.73 Å². The maximum absolute atomic E-state index is 13.7. The highest BCUT2D eigenvalue weighted by molar-refractivity contribution is 5.67. The van der Waals surface area contributed by atoms with Gasteiger partial charge in [0.2, 0.25) is 0 Å². The monoisotopic (exact) mass is 285 g/mol. The van der Waals surface area contributed by atoms with Crippen molar-refractivity contribution >= 4 is 11.4 Å². The van der Waals surface area contributed by atoms with Crippen LogP contribution in [0.2, 0.25) is 0 Å². The molecule has 1 heterocycles. The van der Waals surface area contributed by atoms with Crippen molar-refractivity contribution in [3.05, 3.63) is 59.9 Å². The van der Waals surface area contributed by atoms with Crippen molar-refractivity contribution in [1.29, 1.82) is 0 Å². The minimum atomic E-state index is -0.118. The number of nitrogen functional groups attached to an aromatic ring is 1. The molecule has 1 fully saturated rings.